The molecule has 2 amide bonds. The molecule has 0 saturated carbocycles. The summed E-state index contributed by atoms with van der Waals surface area (Å²) in [5.41, 5.74) is 2.39. The van der Waals surface area contributed by atoms with E-state index in [1.165, 1.54) is 0 Å². The van der Waals surface area contributed by atoms with E-state index in [-0.39, 0.29) is 11.5 Å². The maximum atomic E-state index is 13.0. The number of fused-ring (bicyclic) bond motifs is 2. The fourth-order valence-electron chi connectivity index (χ4n) is 3.52. The maximum absolute atomic E-state index is 13.0. The molecule has 0 bridgehead atoms. The van der Waals surface area contributed by atoms with Crippen molar-refractivity contribution in [3.05, 3.63) is 92.2 Å². The summed E-state index contributed by atoms with van der Waals surface area (Å²) in [4.78, 5) is 43.8. The number of carbonyl (C=O) groups is 2. The predicted molar refractivity (Wildman–Crippen MR) is 116 cm³/mol. The number of hydrogen-bond donors (Lipinski definition) is 0. The van der Waals surface area contributed by atoms with Crippen molar-refractivity contribution in [2.45, 2.75) is 6.92 Å². The lowest BCUT2D eigenvalue weighted by atomic mass is 10.1. The Morgan fingerprint density at radius 1 is 0.900 bits per heavy atom. The molecule has 7 heteroatoms. The van der Waals surface area contributed by atoms with Crippen molar-refractivity contribution in [2.75, 3.05) is 4.90 Å². The molecule has 0 aliphatic carbocycles. The summed E-state index contributed by atoms with van der Waals surface area (Å²) >= 11 is 3.42. The zero-order valence-electron chi connectivity index (χ0n) is 15.7. The van der Waals surface area contributed by atoms with Crippen molar-refractivity contribution in [3.63, 3.8) is 0 Å². The number of amides is 2. The van der Waals surface area contributed by atoms with Crippen molar-refractivity contribution in [3.8, 4) is 11.5 Å². The summed E-state index contributed by atoms with van der Waals surface area (Å²) in [6.45, 7) is 1.89. The monoisotopic (exact) mass is 460 g/mol. The second kappa shape index (κ2) is 6.74. The maximum Gasteiger partial charge on any atom is 0.347 e. The highest BCUT2D eigenvalue weighted by Gasteiger charge is 2.37. The zero-order valence-corrected chi connectivity index (χ0v) is 17.3. The molecule has 0 saturated heterocycles. The van der Waals surface area contributed by atoms with Gasteiger partial charge in [0.2, 0.25) is 5.89 Å². The fraction of sp³-hybridized carbons (Fsp3) is 0.0435. The van der Waals surface area contributed by atoms with E-state index in [1.54, 1.807) is 60.7 Å². The van der Waals surface area contributed by atoms with Crippen molar-refractivity contribution in [2.24, 2.45) is 0 Å². The molecule has 1 aromatic heterocycles. The van der Waals surface area contributed by atoms with Crippen LogP contribution >= 0.6 is 15.9 Å². The molecule has 30 heavy (non-hydrogen) atoms. The minimum Gasteiger partial charge on any atom is -0.403 e. The average Bonchev–Trinajstić information content (AvgIpc) is 3.00. The molecule has 3 aromatic carbocycles. The highest BCUT2D eigenvalue weighted by molar-refractivity contribution is 9.10. The fourth-order valence-corrected chi connectivity index (χ4v) is 3.77. The highest BCUT2D eigenvalue weighted by atomic mass is 79.9. The van der Waals surface area contributed by atoms with E-state index in [0.717, 1.165) is 14.9 Å². The molecular formula is C23H13BrN2O4. The summed E-state index contributed by atoms with van der Waals surface area (Å²) < 4.78 is 6.25. The molecular weight excluding hydrogens is 448 g/mol. The van der Waals surface area contributed by atoms with E-state index < -0.39 is 17.4 Å². The van der Waals surface area contributed by atoms with Crippen LogP contribution in [0.15, 0.2) is 74.3 Å². The number of anilines is 1. The van der Waals surface area contributed by atoms with Crippen LogP contribution in [0.2, 0.25) is 0 Å². The smallest absolute Gasteiger partial charge is 0.347 e. The Morgan fingerprint density at radius 2 is 1.67 bits per heavy atom. The number of aryl methyl sites for hydroxylation is 1. The summed E-state index contributed by atoms with van der Waals surface area (Å²) in [7, 11) is 0. The van der Waals surface area contributed by atoms with Crippen molar-refractivity contribution >= 4 is 44.3 Å². The third-order valence-electron chi connectivity index (χ3n) is 5.07. The highest BCUT2D eigenvalue weighted by Crippen LogP contribution is 2.33. The van der Waals surface area contributed by atoms with Gasteiger partial charge in [0.05, 0.1) is 27.7 Å². The van der Waals surface area contributed by atoms with E-state index >= 15 is 0 Å². The van der Waals surface area contributed by atoms with Crippen LogP contribution in [0, 0.1) is 6.92 Å². The first-order chi connectivity index (χ1) is 14.4. The van der Waals surface area contributed by atoms with Crippen molar-refractivity contribution in [1.82, 2.24) is 4.98 Å². The molecule has 0 atom stereocenters. The SMILES string of the molecule is Cc1cc(N2C(=O)c3ccc(-c4nc5ccccc5c(=O)o4)cc3C2=O)ccc1Br. The van der Waals surface area contributed by atoms with E-state index in [4.69, 9.17) is 4.42 Å². The number of imide groups is 1. The Labute approximate surface area is 178 Å². The van der Waals surface area contributed by atoms with Crippen molar-refractivity contribution in [1.29, 1.82) is 0 Å². The molecule has 0 fully saturated rings. The lowest BCUT2D eigenvalue weighted by Gasteiger charge is -2.14. The largest absolute Gasteiger partial charge is 0.403 e. The van der Waals surface area contributed by atoms with Crippen LogP contribution in [0.25, 0.3) is 22.4 Å². The second-order valence-corrected chi connectivity index (χ2v) is 7.82. The summed E-state index contributed by atoms with van der Waals surface area (Å²) in [6.07, 6.45) is 0. The zero-order chi connectivity index (χ0) is 21.0. The van der Waals surface area contributed by atoms with Crippen LogP contribution < -0.4 is 10.5 Å². The van der Waals surface area contributed by atoms with Gasteiger partial charge in [-0.2, -0.15) is 0 Å². The second-order valence-electron chi connectivity index (χ2n) is 6.96. The van der Waals surface area contributed by atoms with Gasteiger partial charge in [-0.15, -0.1) is 0 Å². The molecule has 4 aromatic rings. The summed E-state index contributed by atoms with van der Waals surface area (Å²) in [5, 5.41) is 0.380. The first-order valence-electron chi connectivity index (χ1n) is 9.13. The first kappa shape index (κ1) is 18.4. The van der Waals surface area contributed by atoms with Gasteiger partial charge in [-0.1, -0.05) is 28.1 Å². The minimum atomic E-state index is -0.509. The summed E-state index contributed by atoms with van der Waals surface area (Å²) in [5.74, 6) is -0.724. The Kier molecular flexibility index (Phi) is 4.15. The first-order valence-corrected chi connectivity index (χ1v) is 9.92. The Morgan fingerprint density at radius 3 is 2.47 bits per heavy atom. The minimum absolute atomic E-state index is 0.0969. The Balaban J connectivity index is 1.60. The molecule has 0 unspecified atom stereocenters. The topological polar surface area (TPSA) is 80.5 Å². The van der Waals surface area contributed by atoms with Gasteiger partial charge in [0.1, 0.15) is 0 Å². The molecule has 6 nitrogen and oxygen atoms in total. The van der Waals surface area contributed by atoms with E-state index in [2.05, 4.69) is 20.9 Å². The van der Waals surface area contributed by atoms with Gasteiger partial charge in [-0.3, -0.25) is 9.59 Å². The van der Waals surface area contributed by atoms with Crippen LogP contribution in [-0.4, -0.2) is 16.8 Å². The van der Waals surface area contributed by atoms with Crippen LogP contribution in [0.5, 0.6) is 0 Å². The van der Waals surface area contributed by atoms with E-state index in [9.17, 15) is 14.4 Å². The average molecular weight is 461 g/mol. The number of benzene rings is 3. The molecule has 0 spiro atoms. The van der Waals surface area contributed by atoms with Crippen LogP contribution in [0.4, 0.5) is 5.69 Å². The van der Waals surface area contributed by atoms with Gasteiger partial charge in [-0.25, -0.2) is 14.7 Å². The van der Waals surface area contributed by atoms with Gasteiger partial charge in [-0.05, 0) is 61.0 Å². The molecule has 5 rings (SSSR count). The number of hydrogen-bond acceptors (Lipinski definition) is 5. The number of aromatic nitrogens is 1. The molecule has 0 radical (unpaired) electrons. The van der Waals surface area contributed by atoms with Crippen LogP contribution in [0.1, 0.15) is 26.3 Å². The van der Waals surface area contributed by atoms with Gasteiger partial charge in [0.15, 0.2) is 0 Å². The van der Waals surface area contributed by atoms with Gasteiger partial charge in [0.25, 0.3) is 11.8 Å². The van der Waals surface area contributed by atoms with Gasteiger partial charge in [0, 0.05) is 10.0 Å². The number of carbonyl (C=O) groups excluding carboxylic acids is 2. The lowest BCUT2D eigenvalue weighted by Crippen LogP contribution is -2.29. The molecule has 1 aliphatic rings. The molecule has 146 valence electrons. The van der Waals surface area contributed by atoms with Gasteiger partial charge < -0.3 is 4.42 Å². The number of para-hydroxylation sites is 1. The third-order valence-corrected chi connectivity index (χ3v) is 5.96. The number of nitrogens with zero attached hydrogens (tertiary/aromatic N) is 2. The Hall–Kier alpha value is -3.58. The predicted octanol–water partition coefficient (Wildman–Crippen LogP) is 4.73. The molecule has 0 N–H and O–H groups in total. The van der Waals surface area contributed by atoms with Crippen LogP contribution in [0.3, 0.4) is 0 Å². The summed E-state index contributed by atoms with van der Waals surface area (Å²) in [6, 6.07) is 16.9. The quantitative estimate of drug-likeness (QED) is 0.404. The standard InChI is InChI=1S/C23H13BrN2O4/c1-12-10-14(7-9-18(12)24)26-21(27)15-8-6-13(11-17(15)22(26)28)20-25-19-5-3-2-4-16(19)23(29)30-20/h2-11H,1H3. The van der Waals surface area contributed by atoms with E-state index in [0.29, 0.717) is 27.7 Å². The molecule has 1 aliphatic heterocycles. The lowest BCUT2D eigenvalue weighted by molar-refractivity contribution is 0.0926. The number of rotatable bonds is 2. The molecule has 2 heterocycles. The van der Waals surface area contributed by atoms with Crippen molar-refractivity contribution < 1.29 is 14.0 Å². The normalized spacial score (nSPS) is 13.2. The van der Waals surface area contributed by atoms with E-state index in [1.807, 2.05) is 6.92 Å². The van der Waals surface area contributed by atoms with Gasteiger partial charge >= 0.3 is 5.63 Å². The number of halogens is 1. The Bertz CT molecular complexity index is 1440. The third kappa shape index (κ3) is 2.78. The van der Waals surface area contributed by atoms with Crippen LogP contribution in [-0.2, 0) is 0 Å².